The van der Waals surface area contributed by atoms with Crippen molar-refractivity contribution in [3.8, 4) is 22.5 Å². The van der Waals surface area contributed by atoms with E-state index in [-0.39, 0.29) is 29.1 Å². The lowest BCUT2D eigenvalue weighted by Gasteiger charge is -2.19. The lowest BCUT2D eigenvalue weighted by atomic mass is 9.96. The number of aryl methyl sites for hydroxylation is 1. The molecule has 0 aliphatic carbocycles. The van der Waals surface area contributed by atoms with Crippen molar-refractivity contribution < 1.29 is 22.8 Å². The summed E-state index contributed by atoms with van der Waals surface area (Å²) in [7, 11) is 1.75. The fraction of sp³-hybridized carbons (Fsp3) is 0.192. The van der Waals surface area contributed by atoms with Gasteiger partial charge in [-0.25, -0.2) is 4.98 Å². The second kappa shape index (κ2) is 9.29. The minimum atomic E-state index is -4.60. The molecule has 0 saturated carbocycles. The van der Waals surface area contributed by atoms with E-state index in [1.807, 2.05) is 6.92 Å². The van der Waals surface area contributed by atoms with Crippen molar-refractivity contribution in [3.05, 3.63) is 77.1 Å². The third-order valence-electron chi connectivity index (χ3n) is 6.29. The Morgan fingerprint density at radius 3 is 2.55 bits per heavy atom. The van der Waals surface area contributed by atoms with Gasteiger partial charge in [0.15, 0.2) is 5.82 Å². The molecule has 12 heteroatoms. The summed E-state index contributed by atoms with van der Waals surface area (Å²) < 4.78 is 42.6. The van der Waals surface area contributed by atoms with Gasteiger partial charge in [-0.05, 0) is 60.0 Å². The number of aromatic nitrogens is 4. The highest BCUT2D eigenvalue weighted by molar-refractivity contribution is 6.10. The van der Waals surface area contributed by atoms with Crippen molar-refractivity contribution in [1.82, 2.24) is 19.7 Å². The number of nitrogens with zero attached hydrogens (tertiary/aromatic N) is 5. The van der Waals surface area contributed by atoms with Crippen molar-refractivity contribution in [2.24, 2.45) is 12.8 Å². The van der Waals surface area contributed by atoms with E-state index in [9.17, 15) is 22.8 Å². The maximum absolute atomic E-state index is 13.6. The van der Waals surface area contributed by atoms with Gasteiger partial charge in [0.25, 0.3) is 5.91 Å². The summed E-state index contributed by atoms with van der Waals surface area (Å²) in [5.74, 6) is -0.135. The van der Waals surface area contributed by atoms with Crippen LogP contribution < -0.4 is 16.0 Å². The highest BCUT2D eigenvalue weighted by Crippen LogP contribution is 2.40. The van der Waals surface area contributed by atoms with Gasteiger partial charge in [-0.15, -0.1) is 10.2 Å². The average Bonchev–Trinajstić information content (AvgIpc) is 3.46. The highest BCUT2D eigenvalue weighted by Gasteiger charge is 2.40. The Morgan fingerprint density at radius 2 is 1.89 bits per heavy atom. The van der Waals surface area contributed by atoms with Gasteiger partial charge in [0.2, 0.25) is 5.91 Å². The van der Waals surface area contributed by atoms with Crippen LogP contribution in [-0.2, 0) is 19.8 Å². The first-order valence-corrected chi connectivity index (χ1v) is 11.6. The third kappa shape index (κ3) is 4.33. The Hall–Kier alpha value is -4.74. The predicted molar refractivity (Wildman–Crippen MR) is 134 cm³/mol. The van der Waals surface area contributed by atoms with Crippen LogP contribution in [0.5, 0.6) is 0 Å². The number of halogens is 3. The fourth-order valence-electron chi connectivity index (χ4n) is 4.53. The minimum absolute atomic E-state index is 0.0115. The molecular formula is C26H22F3N7O2. The van der Waals surface area contributed by atoms with Crippen LogP contribution >= 0.6 is 0 Å². The number of hydrogen-bond donors (Lipinski definition) is 2. The number of nitrogens with one attached hydrogen (secondary N) is 1. The molecule has 194 valence electrons. The average molecular weight is 522 g/mol. The number of carbonyl (C=O) groups excluding carboxylic acids is 2. The van der Waals surface area contributed by atoms with Crippen molar-refractivity contribution in [2.45, 2.75) is 19.6 Å². The largest absolute Gasteiger partial charge is 0.416 e. The van der Waals surface area contributed by atoms with E-state index in [1.54, 1.807) is 41.9 Å². The van der Waals surface area contributed by atoms with E-state index >= 15 is 0 Å². The van der Waals surface area contributed by atoms with Crippen LogP contribution in [0.4, 0.5) is 24.8 Å². The summed E-state index contributed by atoms with van der Waals surface area (Å²) in [5.41, 5.74) is 6.60. The highest BCUT2D eigenvalue weighted by atomic mass is 19.4. The normalized spacial score (nSPS) is 13.1. The number of benzene rings is 2. The molecule has 0 fully saturated rings. The maximum atomic E-state index is 13.6. The number of primary amides is 1. The summed E-state index contributed by atoms with van der Waals surface area (Å²) in [6, 6.07) is 11.8. The molecule has 3 heterocycles. The number of fused-ring (bicyclic) bond motifs is 1. The number of anilines is 2. The second-order valence-corrected chi connectivity index (χ2v) is 8.74. The smallest absolute Gasteiger partial charge is 0.370 e. The zero-order valence-electron chi connectivity index (χ0n) is 20.4. The zero-order chi connectivity index (χ0) is 27.2. The molecule has 0 bridgehead atoms. The molecule has 3 N–H and O–H groups in total. The number of carbonyl (C=O) groups is 2. The molecule has 0 saturated heterocycles. The summed E-state index contributed by atoms with van der Waals surface area (Å²) in [5, 5.41) is 11.2. The summed E-state index contributed by atoms with van der Waals surface area (Å²) >= 11 is 0. The molecule has 38 heavy (non-hydrogen) atoms. The van der Waals surface area contributed by atoms with Gasteiger partial charge in [-0.3, -0.25) is 14.5 Å². The molecule has 5 rings (SSSR count). The third-order valence-corrected chi connectivity index (χ3v) is 6.29. The van der Waals surface area contributed by atoms with Gasteiger partial charge in [0.1, 0.15) is 18.0 Å². The van der Waals surface area contributed by atoms with Crippen molar-refractivity contribution in [1.29, 1.82) is 0 Å². The van der Waals surface area contributed by atoms with Crippen LogP contribution in [-0.4, -0.2) is 38.1 Å². The van der Waals surface area contributed by atoms with E-state index < -0.39 is 23.6 Å². The Kier molecular flexibility index (Phi) is 6.09. The van der Waals surface area contributed by atoms with Crippen molar-refractivity contribution >= 4 is 23.5 Å². The van der Waals surface area contributed by atoms with Crippen LogP contribution in [0.3, 0.4) is 0 Å². The number of hydrogen-bond acceptors (Lipinski definition) is 6. The first kappa shape index (κ1) is 24.9. The molecule has 2 aromatic heterocycles. The molecule has 2 aromatic carbocycles. The second-order valence-electron chi connectivity index (χ2n) is 8.74. The number of amides is 2. The molecule has 0 radical (unpaired) electrons. The topological polar surface area (TPSA) is 119 Å². The van der Waals surface area contributed by atoms with Gasteiger partial charge >= 0.3 is 6.18 Å². The Morgan fingerprint density at radius 1 is 1.11 bits per heavy atom. The Bertz CT molecular complexity index is 1580. The lowest BCUT2D eigenvalue weighted by Crippen LogP contribution is -2.24. The predicted octanol–water partition coefficient (Wildman–Crippen LogP) is 4.25. The van der Waals surface area contributed by atoms with Crippen LogP contribution in [0.2, 0.25) is 0 Å². The zero-order valence-corrected chi connectivity index (χ0v) is 20.4. The van der Waals surface area contributed by atoms with Gasteiger partial charge in [0.05, 0.1) is 12.1 Å². The van der Waals surface area contributed by atoms with E-state index in [2.05, 4.69) is 20.5 Å². The summed E-state index contributed by atoms with van der Waals surface area (Å²) in [4.78, 5) is 30.9. The minimum Gasteiger partial charge on any atom is -0.370 e. The van der Waals surface area contributed by atoms with Gasteiger partial charge in [-0.2, -0.15) is 13.2 Å². The molecule has 0 spiro atoms. The molecule has 9 nitrogen and oxygen atoms in total. The van der Waals surface area contributed by atoms with Crippen molar-refractivity contribution in [2.75, 3.05) is 16.8 Å². The Balaban J connectivity index is 1.66. The van der Waals surface area contributed by atoms with E-state index in [0.717, 1.165) is 6.07 Å². The molecule has 0 unspecified atom stereocenters. The van der Waals surface area contributed by atoms with Crippen LogP contribution in [0.15, 0.2) is 54.9 Å². The van der Waals surface area contributed by atoms with Crippen molar-refractivity contribution in [3.63, 3.8) is 0 Å². The van der Waals surface area contributed by atoms with Crippen LogP contribution in [0, 0.1) is 0 Å². The number of nitrogens with two attached hydrogens (primary N) is 1. The fourth-order valence-corrected chi connectivity index (χ4v) is 4.53. The van der Waals surface area contributed by atoms with E-state index in [4.69, 9.17) is 5.73 Å². The quantitative estimate of drug-likeness (QED) is 0.392. The number of alkyl halides is 3. The SMILES string of the molecule is CCNc1cc(-c2ccc(C(N)=O)cc2-c2nncn2C)cc(N2Cc3c(cccc3C(F)(F)F)C2=O)n1. The van der Waals surface area contributed by atoms with E-state index in [1.165, 1.54) is 23.4 Å². The summed E-state index contributed by atoms with van der Waals surface area (Å²) in [6.45, 7) is 2.11. The molecule has 0 atom stereocenters. The van der Waals surface area contributed by atoms with Crippen LogP contribution in [0.25, 0.3) is 22.5 Å². The summed E-state index contributed by atoms with van der Waals surface area (Å²) in [6.07, 6.45) is -3.09. The lowest BCUT2D eigenvalue weighted by molar-refractivity contribution is -0.138. The van der Waals surface area contributed by atoms with Gasteiger partial charge in [0, 0.05) is 30.3 Å². The standard InChI is InChI=1S/C26H22F3N7O2/c1-3-31-21-10-15(16-8-7-14(23(30)37)9-18(16)24-34-32-13-35(24)2)11-22(33-21)36-12-19-17(25(36)38)5-4-6-20(19)26(27,28)29/h4-11,13H,3,12H2,1-2H3,(H2,30,37)(H,31,33). The molecular weight excluding hydrogens is 499 g/mol. The van der Waals surface area contributed by atoms with Gasteiger partial charge in [-0.1, -0.05) is 12.1 Å². The first-order chi connectivity index (χ1) is 18.1. The van der Waals surface area contributed by atoms with Gasteiger partial charge < -0.3 is 15.6 Å². The molecule has 1 aliphatic heterocycles. The maximum Gasteiger partial charge on any atom is 0.416 e. The number of pyridine rings is 1. The molecule has 4 aromatic rings. The Labute approximate surface area is 215 Å². The molecule has 2 amide bonds. The molecule has 1 aliphatic rings. The number of rotatable bonds is 6. The monoisotopic (exact) mass is 521 g/mol. The van der Waals surface area contributed by atoms with E-state index in [0.29, 0.717) is 34.9 Å². The van der Waals surface area contributed by atoms with Crippen LogP contribution in [0.1, 0.15) is 38.8 Å². The first-order valence-electron chi connectivity index (χ1n) is 11.6.